The van der Waals surface area contributed by atoms with E-state index in [9.17, 15) is 0 Å². The highest BCUT2D eigenvalue weighted by molar-refractivity contribution is 5.59. The van der Waals surface area contributed by atoms with Crippen LogP contribution in [-0.2, 0) is 19.4 Å². The van der Waals surface area contributed by atoms with Crippen LogP contribution in [0.4, 0.5) is 0 Å². The lowest BCUT2D eigenvalue weighted by molar-refractivity contribution is 0.322. The Morgan fingerprint density at radius 3 is 2.58 bits per heavy atom. The fourth-order valence-corrected chi connectivity index (χ4v) is 3.21. The average molecular weight is 318 g/mol. The molecule has 3 aromatic rings. The fraction of sp³-hybridized carbons (Fsp3) is 0.286. The van der Waals surface area contributed by atoms with Gasteiger partial charge in [-0.2, -0.15) is 0 Å². The van der Waals surface area contributed by atoms with Gasteiger partial charge in [-0.3, -0.25) is 0 Å². The quantitative estimate of drug-likeness (QED) is 0.692. The number of aryl methyl sites for hydroxylation is 2. The van der Waals surface area contributed by atoms with Crippen molar-refractivity contribution in [3.05, 3.63) is 72.2 Å². The van der Waals surface area contributed by atoms with Crippen LogP contribution in [0.5, 0.6) is 5.75 Å². The first-order valence-electron chi connectivity index (χ1n) is 8.72. The molecule has 0 spiro atoms. The molecule has 1 aromatic heterocycles. The standard InChI is InChI=1S/C21H22N2O/c1-2-6-17(7-3-1)13-15-24-19-11-9-18(10-12-19)20-16-23-14-5-4-8-21(23)22-20/h1-3,6-7,9-12,16H,4-5,8,13-15H2. The first kappa shape index (κ1) is 15.0. The summed E-state index contributed by atoms with van der Waals surface area (Å²) in [4.78, 5) is 4.77. The number of benzene rings is 2. The van der Waals surface area contributed by atoms with E-state index in [1.165, 1.54) is 24.2 Å². The zero-order chi connectivity index (χ0) is 16.2. The summed E-state index contributed by atoms with van der Waals surface area (Å²) in [5.74, 6) is 2.14. The Bertz CT molecular complexity index is 767. The van der Waals surface area contributed by atoms with Crippen molar-refractivity contribution in [1.29, 1.82) is 0 Å². The lowest BCUT2D eigenvalue weighted by Crippen LogP contribution is -2.08. The predicted octanol–water partition coefficient (Wildman–Crippen LogP) is 4.51. The van der Waals surface area contributed by atoms with Crippen LogP contribution < -0.4 is 4.74 Å². The number of imidazole rings is 1. The molecule has 0 unspecified atom stereocenters. The number of rotatable bonds is 5. The number of hydrogen-bond acceptors (Lipinski definition) is 2. The second-order valence-electron chi connectivity index (χ2n) is 6.30. The number of hydrogen-bond donors (Lipinski definition) is 0. The van der Waals surface area contributed by atoms with Gasteiger partial charge in [0.15, 0.2) is 0 Å². The number of fused-ring (bicyclic) bond motifs is 1. The molecule has 0 radical (unpaired) electrons. The highest BCUT2D eigenvalue weighted by Gasteiger charge is 2.13. The Morgan fingerprint density at radius 2 is 1.79 bits per heavy atom. The van der Waals surface area contributed by atoms with Gasteiger partial charge in [-0.15, -0.1) is 0 Å². The molecular weight excluding hydrogens is 296 g/mol. The van der Waals surface area contributed by atoms with E-state index < -0.39 is 0 Å². The van der Waals surface area contributed by atoms with E-state index in [0.29, 0.717) is 6.61 Å². The summed E-state index contributed by atoms with van der Waals surface area (Å²) in [6.45, 7) is 1.80. The van der Waals surface area contributed by atoms with Gasteiger partial charge < -0.3 is 9.30 Å². The SMILES string of the molecule is c1ccc(CCOc2ccc(-c3cn4c(n3)CCCC4)cc2)cc1. The molecule has 1 aliphatic heterocycles. The van der Waals surface area contributed by atoms with E-state index in [-0.39, 0.29) is 0 Å². The van der Waals surface area contributed by atoms with Gasteiger partial charge in [0, 0.05) is 31.1 Å². The van der Waals surface area contributed by atoms with Crippen molar-refractivity contribution in [3.8, 4) is 17.0 Å². The van der Waals surface area contributed by atoms with Crippen LogP contribution in [0.2, 0.25) is 0 Å². The molecule has 4 rings (SSSR count). The van der Waals surface area contributed by atoms with Crippen molar-refractivity contribution in [2.75, 3.05) is 6.61 Å². The lowest BCUT2D eigenvalue weighted by atomic mass is 10.1. The Kier molecular flexibility index (Phi) is 4.32. The molecule has 0 N–H and O–H groups in total. The molecule has 2 heterocycles. The normalized spacial score (nSPS) is 13.5. The molecule has 0 bridgehead atoms. The van der Waals surface area contributed by atoms with E-state index in [4.69, 9.17) is 9.72 Å². The molecule has 0 fully saturated rings. The zero-order valence-corrected chi connectivity index (χ0v) is 13.8. The number of ether oxygens (including phenoxy) is 1. The second kappa shape index (κ2) is 6.91. The summed E-state index contributed by atoms with van der Waals surface area (Å²) >= 11 is 0. The maximum Gasteiger partial charge on any atom is 0.119 e. The van der Waals surface area contributed by atoms with Crippen LogP contribution in [0.1, 0.15) is 24.2 Å². The van der Waals surface area contributed by atoms with Crippen LogP contribution in [0.3, 0.4) is 0 Å². The van der Waals surface area contributed by atoms with E-state index in [1.807, 2.05) is 18.2 Å². The maximum atomic E-state index is 5.86. The molecule has 0 atom stereocenters. The van der Waals surface area contributed by atoms with Crippen molar-refractivity contribution in [3.63, 3.8) is 0 Å². The third kappa shape index (κ3) is 3.35. The van der Waals surface area contributed by atoms with Crippen LogP contribution in [0.15, 0.2) is 60.8 Å². The molecule has 24 heavy (non-hydrogen) atoms. The highest BCUT2D eigenvalue weighted by atomic mass is 16.5. The van der Waals surface area contributed by atoms with Crippen molar-refractivity contribution in [1.82, 2.24) is 9.55 Å². The first-order chi connectivity index (χ1) is 11.9. The van der Waals surface area contributed by atoms with E-state index >= 15 is 0 Å². The van der Waals surface area contributed by atoms with Gasteiger partial charge >= 0.3 is 0 Å². The second-order valence-corrected chi connectivity index (χ2v) is 6.30. The van der Waals surface area contributed by atoms with E-state index in [1.54, 1.807) is 0 Å². The molecule has 0 amide bonds. The molecular formula is C21H22N2O. The van der Waals surface area contributed by atoms with Crippen molar-refractivity contribution < 1.29 is 4.74 Å². The van der Waals surface area contributed by atoms with Gasteiger partial charge in [0.2, 0.25) is 0 Å². The zero-order valence-electron chi connectivity index (χ0n) is 13.8. The fourth-order valence-electron chi connectivity index (χ4n) is 3.21. The maximum absolute atomic E-state index is 5.86. The summed E-state index contributed by atoms with van der Waals surface area (Å²) in [6.07, 6.45) is 6.72. The Balaban J connectivity index is 1.38. The molecule has 3 nitrogen and oxygen atoms in total. The first-order valence-corrected chi connectivity index (χ1v) is 8.72. The summed E-state index contributed by atoms with van der Waals surface area (Å²) in [5, 5.41) is 0. The van der Waals surface area contributed by atoms with Gasteiger partial charge in [-0.05, 0) is 42.7 Å². The Labute approximate surface area is 142 Å². The Morgan fingerprint density at radius 1 is 0.958 bits per heavy atom. The van der Waals surface area contributed by atoms with Crippen molar-refractivity contribution >= 4 is 0 Å². The van der Waals surface area contributed by atoms with Gasteiger partial charge in [0.25, 0.3) is 0 Å². The van der Waals surface area contributed by atoms with E-state index in [0.717, 1.165) is 36.4 Å². The summed E-state index contributed by atoms with van der Waals surface area (Å²) in [6, 6.07) is 18.7. The molecule has 2 aromatic carbocycles. The lowest BCUT2D eigenvalue weighted by Gasteiger charge is -2.11. The van der Waals surface area contributed by atoms with Crippen molar-refractivity contribution in [2.24, 2.45) is 0 Å². The van der Waals surface area contributed by atoms with Gasteiger partial charge in [-0.1, -0.05) is 30.3 Å². The van der Waals surface area contributed by atoms with Gasteiger partial charge in [-0.25, -0.2) is 4.98 Å². The topological polar surface area (TPSA) is 27.1 Å². The summed E-state index contributed by atoms with van der Waals surface area (Å²) in [5.41, 5.74) is 3.53. The minimum atomic E-state index is 0.697. The predicted molar refractivity (Wildman–Crippen MR) is 96.2 cm³/mol. The molecule has 0 aliphatic carbocycles. The van der Waals surface area contributed by atoms with Gasteiger partial charge in [0.05, 0.1) is 12.3 Å². The smallest absolute Gasteiger partial charge is 0.119 e. The van der Waals surface area contributed by atoms with Crippen LogP contribution >= 0.6 is 0 Å². The molecule has 0 saturated carbocycles. The summed E-state index contributed by atoms with van der Waals surface area (Å²) in [7, 11) is 0. The highest BCUT2D eigenvalue weighted by Crippen LogP contribution is 2.24. The third-order valence-corrected chi connectivity index (χ3v) is 4.56. The third-order valence-electron chi connectivity index (χ3n) is 4.56. The minimum absolute atomic E-state index is 0.697. The molecule has 3 heteroatoms. The number of nitrogens with zero attached hydrogens (tertiary/aromatic N) is 2. The molecule has 1 aliphatic rings. The molecule has 122 valence electrons. The van der Waals surface area contributed by atoms with E-state index in [2.05, 4.69) is 47.2 Å². The minimum Gasteiger partial charge on any atom is -0.493 e. The van der Waals surface area contributed by atoms with Crippen molar-refractivity contribution in [2.45, 2.75) is 32.2 Å². The van der Waals surface area contributed by atoms with Crippen LogP contribution in [-0.4, -0.2) is 16.2 Å². The largest absolute Gasteiger partial charge is 0.493 e. The average Bonchev–Trinajstić information content (AvgIpc) is 3.07. The monoisotopic (exact) mass is 318 g/mol. The van der Waals surface area contributed by atoms with Crippen LogP contribution in [0, 0.1) is 0 Å². The number of aromatic nitrogens is 2. The van der Waals surface area contributed by atoms with Crippen LogP contribution in [0.25, 0.3) is 11.3 Å². The van der Waals surface area contributed by atoms with Gasteiger partial charge in [0.1, 0.15) is 11.6 Å². The Hall–Kier alpha value is -2.55. The summed E-state index contributed by atoms with van der Waals surface area (Å²) < 4.78 is 8.15. The molecule has 0 saturated heterocycles.